The Hall–Kier alpha value is -2.48. The zero-order valence-electron chi connectivity index (χ0n) is 14.8. The SMILES string of the molecule is CCN(c1cc(C(=O)Nc2cccc(C)c2)ncn1)C1CCS(=O)(=O)C1. The average molecular weight is 374 g/mol. The minimum absolute atomic E-state index is 0.118. The van der Waals surface area contributed by atoms with Crippen molar-refractivity contribution in [2.75, 3.05) is 28.3 Å². The molecule has 2 heterocycles. The Kier molecular flexibility index (Phi) is 5.22. The van der Waals surface area contributed by atoms with Gasteiger partial charge < -0.3 is 10.2 Å². The van der Waals surface area contributed by atoms with E-state index in [1.807, 2.05) is 43.0 Å². The van der Waals surface area contributed by atoms with Crippen molar-refractivity contribution in [2.24, 2.45) is 0 Å². The van der Waals surface area contributed by atoms with E-state index in [1.54, 1.807) is 6.07 Å². The van der Waals surface area contributed by atoms with Crippen molar-refractivity contribution in [2.45, 2.75) is 26.3 Å². The zero-order valence-corrected chi connectivity index (χ0v) is 15.7. The molecule has 3 rings (SSSR count). The summed E-state index contributed by atoms with van der Waals surface area (Å²) in [6.45, 7) is 4.50. The summed E-state index contributed by atoms with van der Waals surface area (Å²) in [5, 5.41) is 2.82. The van der Waals surface area contributed by atoms with Crippen LogP contribution in [0.5, 0.6) is 0 Å². The lowest BCUT2D eigenvalue weighted by Crippen LogP contribution is -2.37. The first-order chi connectivity index (χ1) is 12.4. The lowest BCUT2D eigenvalue weighted by Gasteiger charge is -2.27. The second-order valence-electron chi connectivity index (χ2n) is 6.43. The van der Waals surface area contributed by atoms with E-state index < -0.39 is 9.84 Å². The molecule has 8 heteroatoms. The van der Waals surface area contributed by atoms with Crippen molar-refractivity contribution in [3.8, 4) is 0 Å². The van der Waals surface area contributed by atoms with Crippen molar-refractivity contribution >= 4 is 27.2 Å². The number of nitrogens with zero attached hydrogens (tertiary/aromatic N) is 3. The predicted molar refractivity (Wildman–Crippen MR) is 101 cm³/mol. The van der Waals surface area contributed by atoms with Gasteiger partial charge in [-0.1, -0.05) is 12.1 Å². The number of sulfone groups is 1. The fraction of sp³-hybridized carbons (Fsp3) is 0.389. The number of benzene rings is 1. The molecule has 1 aliphatic heterocycles. The summed E-state index contributed by atoms with van der Waals surface area (Å²) < 4.78 is 23.5. The number of nitrogens with one attached hydrogen (secondary N) is 1. The molecule has 1 aromatic heterocycles. The Morgan fingerprint density at radius 3 is 2.77 bits per heavy atom. The third kappa shape index (κ3) is 4.19. The molecular weight excluding hydrogens is 352 g/mol. The molecule has 1 N–H and O–H groups in total. The maximum Gasteiger partial charge on any atom is 0.274 e. The molecule has 1 amide bonds. The summed E-state index contributed by atoms with van der Waals surface area (Å²) in [5.41, 5.74) is 1.99. The molecule has 0 saturated carbocycles. The van der Waals surface area contributed by atoms with E-state index in [4.69, 9.17) is 0 Å². The number of amides is 1. The van der Waals surface area contributed by atoms with Crippen molar-refractivity contribution < 1.29 is 13.2 Å². The Labute approximate surface area is 153 Å². The van der Waals surface area contributed by atoms with Gasteiger partial charge in [0.05, 0.1) is 11.5 Å². The molecule has 1 atom stereocenters. The number of anilines is 2. The normalized spacial score (nSPS) is 18.5. The highest BCUT2D eigenvalue weighted by molar-refractivity contribution is 7.91. The van der Waals surface area contributed by atoms with Crippen LogP contribution in [-0.2, 0) is 9.84 Å². The van der Waals surface area contributed by atoms with Gasteiger partial charge in [0, 0.05) is 24.3 Å². The lowest BCUT2D eigenvalue weighted by molar-refractivity contribution is 0.102. The maximum absolute atomic E-state index is 12.5. The van der Waals surface area contributed by atoms with Gasteiger partial charge in [0.2, 0.25) is 0 Å². The fourth-order valence-corrected chi connectivity index (χ4v) is 4.91. The number of hydrogen-bond acceptors (Lipinski definition) is 6. The summed E-state index contributed by atoms with van der Waals surface area (Å²) in [7, 11) is -2.99. The van der Waals surface area contributed by atoms with E-state index >= 15 is 0 Å². The molecule has 1 aromatic carbocycles. The van der Waals surface area contributed by atoms with Gasteiger partial charge in [-0.05, 0) is 38.0 Å². The van der Waals surface area contributed by atoms with Crippen LogP contribution in [0.4, 0.5) is 11.5 Å². The first kappa shape index (κ1) is 18.3. The molecule has 0 aliphatic carbocycles. The minimum Gasteiger partial charge on any atom is -0.353 e. The van der Waals surface area contributed by atoms with Crippen LogP contribution in [0.15, 0.2) is 36.7 Å². The first-order valence-electron chi connectivity index (χ1n) is 8.55. The monoisotopic (exact) mass is 374 g/mol. The van der Waals surface area contributed by atoms with Crippen LogP contribution in [0.25, 0.3) is 0 Å². The average Bonchev–Trinajstić information content (AvgIpc) is 2.95. The molecule has 26 heavy (non-hydrogen) atoms. The third-order valence-corrected chi connectivity index (χ3v) is 6.20. The highest BCUT2D eigenvalue weighted by atomic mass is 32.2. The number of aryl methyl sites for hydroxylation is 1. The quantitative estimate of drug-likeness (QED) is 0.861. The van der Waals surface area contributed by atoms with Gasteiger partial charge in [-0.25, -0.2) is 18.4 Å². The molecule has 0 spiro atoms. The molecule has 1 saturated heterocycles. The summed E-state index contributed by atoms with van der Waals surface area (Å²) in [5.74, 6) is 0.559. The van der Waals surface area contributed by atoms with Crippen LogP contribution in [0, 0.1) is 6.92 Å². The molecule has 2 aromatic rings. The number of rotatable bonds is 5. The molecule has 1 fully saturated rings. The van der Waals surface area contributed by atoms with E-state index in [1.165, 1.54) is 6.33 Å². The van der Waals surface area contributed by atoms with E-state index in [-0.39, 0.29) is 29.1 Å². The molecule has 0 bridgehead atoms. The summed E-state index contributed by atoms with van der Waals surface area (Å²) in [6.07, 6.45) is 1.91. The Morgan fingerprint density at radius 1 is 1.31 bits per heavy atom. The second kappa shape index (κ2) is 7.41. The van der Waals surface area contributed by atoms with Crippen molar-refractivity contribution in [3.05, 3.63) is 47.9 Å². The molecule has 0 radical (unpaired) electrons. The summed E-state index contributed by atoms with van der Waals surface area (Å²) >= 11 is 0. The van der Waals surface area contributed by atoms with Crippen molar-refractivity contribution in [1.29, 1.82) is 0 Å². The lowest BCUT2D eigenvalue weighted by atomic mass is 10.2. The van der Waals surface area contributed by atoms with Gasteiger partial charge in [0.15, 0.2) is 9.84 Å². The van der Waals surface area contributed by atoms with Crippen LogP contribution in [-0.4, -0.2) is 48.4 Å². The standard InChI is InChI=1S/C18H22N4O3S/c1-3-22(15-7-8-26(24,25)11-15)17-10-16(19-12-20-17)18(23)21-14-6-4-5-13(2)9-14/h4-6,9-10,12,15H,3,7-8,11H2,1-2H3,(H,21,23). The topological polar surface area (TPSA) is 92.3 Å². The van der Waals surface area contributed by atoms with E-state index in [0.717, 1.165) is 5.56 Å². The maximum atomic E-state index is 12.5. The van der Waals surface area contributed by atoms with Crippen molar-refractivity contribution in [1.82, 2.24) is 9.97 Å². The van der Waals surface area contributed by atoms with Gasteiger partial charge in [-0.2, -0.15) is 0 Å². The van der Waals surface area contributed by atoms with Gasteiger partial charge in [-0.3, -0.25) is 4.79 Å². The van der Waals surface area contributed by atoms with Crippen molar-refractivity contribution in [3.63, 3.8) is 0 Å². The highest BCUT2D eigenvalue weighted by Gasteiger charge is 2.32. The molecule has 1 aliphatic rings. The zero-order chi connectivity index (χ0) is 18.7. The summed E-state index contributed by atoms with van der Waals surface area (Å²) in [6, 6.07) is 9.01. The van der Waals surface area contributed by atoms with E-state index in [0.29, 0.717) is 24.5 Å². The number of carbonyl (C=O) groups is 1. The minimum atomic E-state index is -2.99. The molecule has 7 nitrogen and oxygen atoms in total. The van der Waals surface area contributed by atoms with Crippen LogP contribution < -0.4 is 10.2 Å². The van der Waals surface area contributed by atoms with Gasteiger partial charge in [0.25, 0.3) is 5.91 Å². The van der Waals surface area contributed by atoms with E-state index in [9.17, 15) is 13.2 Å². The number of carbonyl (C=O) groups excluding carboxylic acids is 1. The van der Waals surface area contributed by atoms with Crippen LogP contribution in [0.2, 0.25) is 0 Å². The fourth-order valence-electron chi connectivity index (χ4n) is 3.17. The van der Waals surface area contributed by atoms with Gasteiger partial charge in [0.1, 0.15) is 17.8 Å². The molecule has 138 valence electrons. The smallest absolute Gasteiger partial charge is 0.274 e. The Balaban J connectivity index is 1.79. The Morgan fingerprint density at radius 2 is 2.12 bits per heavy atom. The first-order valence-corrected chi connectivity index (χ1v) is 10.4. The Bertz CT molecular complexity index is 914. The van der Waals surface area contributed by atoms with Gasteiger partial charge in [-0.15, -0.1) is 0 Å². The largest absolute Gasteiger partial charge is 0.353 e. The van der Waals surface area contributed by atoms with Crippen LogP contribution >= 0.6 is 0 Å². The van der Waals surface area contributed by atoms with Crippen LogP contribution in [0.3, 0.4) is 0 Å². The summed E-state index contributed by atoms with van der Waals surface area (Å²) in [4.78, 5) is 22.7. The number of hydrogen-bond donors (Lipinski definition) is 1. The van der Waals surface area contributed by atoms with Gasteiger partial charge >= 0.3 is 0 Å². The third-order valence-electron chi connectivity index (χ3n) is 4.45. The molecule has 1 unspecified atom stereocenters. The number of aromatic nitrogens is 2. The van der Waals surface area contributed by atoms with Crippen LogP contribution in [0.1, 0.15) is 29.4 Å². The second-order valence-corrected chi connectivity index (χ2v) is 8.66. The predicted octanol–water partition coefficient (Wildman–Crippen LogP) is 2.05. The van der Waals surface area contributed by atoms with E-state index in [2.05, 4.69) is 15.3 Å². The molecular formula is C18H22N4O3S. The highest BCUT2D eigenvalue weighted by Crippen LogP contribution is 2.23.